The molecule has 0 fully saturated rings. The maximum atomic E-state index is 13.3. The van der Waals surface area contributed by atoms with Crippen LogP contribution in [0.4, 0.5) is 8.78 Å². The maximum Gasteiger partial charge on any atom is 0.0407 e. The Bertz CT molecular complexity index is 1250. The van der Waals surface area contributed by atoms with Gasteiger partial charge in [0, 0.05) is 44.1 Å². The number of aryl methyl sites for hydroxylation is 1. The van der Waals surface area contributed by atoms with Crippen LogP contribution >= 0.6 is 0 Å². The Labute approximate surface area is 211 Å². The minimum atomic E-state index is -0.589. The van der Waals surface area contributed by atoms with Gasteiger partial charge in [-0.1, -0.05) is 60.2 Å². The van der Waals surface area contributed by atoms with Gasteiger partial charge in [0.05, 0.1) is 0 Å². The second-order valence-corrected chi connectivity index (χ2v) is 7.32. The molecule has 5 heteroatoms. The standard InChI is InChI=1S/C17H12N.C12H8F2N.Ir/c1-3-7-14(8-4-1)16-11-12-17(18-13-16)15-9-5-2-6-10-15;1-8-2-5-12(15-7-8)10-6-9(13)3-4-11(10)14;/h1-9,11-13H;2-5,7H,1H3;/q2*-1;. The van der Waals surface area contributed by atoms with Gasteiger partial charge in [0.15, 0.2) is 0 Å². The Morgan fingerprint density at radius 1 is 0.676 bits per heavy atom. The molecule has 0 spiro atoms. The van der Waals surface area contributed by atoms with Crippen LogP contribution in [0.1, 0.15) is 5.56 Å². The largest absolute Gasteiger partial charge is 0.304 e. The molecule has 2 nitrogen and oxygen atoms in total. The molecule has 0 saturated heterocycles. The molecule has 0 aliphatic rings. The smallest absolute Gasteiger partial charge is 0.0407 e. The quantitative estimate of drug-likeness (QED) is 0.196. The van der Waals surface area contributed by atoms with Crippen molar-refractivity contribution in [2.24, 2.45) is 0 Å². The molecular formula is C29H20F2IrN2-2. The summed E-state index contributed by atoms with van der Waals surface area (Å²) in [5, 5.41) is 0. The summed E-state index contributed by atoms with van der Waals surface area (Å²) in [6.07, 6.45) is 3.51. The van der Waals surface area contributed by atoms with E-state index in [9.17, 15) is 8.78 Å². The topological polar surface area (TPSA) is 25.8 Å². The molecule has 34 heavy (non-hydrogen) atoms. The van der Waals surface area contributed by atoms with Gasteiger partial charge >= 0.3 is 0 Å². The molecule has 0 aliphatic heterocycles. The summed E-state index contributed by atoms with van der Waals surface area (Å²) in [5.74, 6) is -1.11. The Morgan fingerprint density at radius 3 is 2.06 bits per heavy atom. The van der Waals surface area contributed by atoms with E-state index >= 15 is 0 Å². The summed E-state index contributed by atoms with van der Waals surface area (Å²) >= 11 is 0. The van der Waals surface area contributed by atoms with E-state index in [2.05, 4.69) is 40.3 Å². The van der Waals surface area contributed by atoms with Crippen LogP contribution in [0.25, 0.3) is 33.6 Å². The fourth-order valence-corrected chi connectivity index (χ4v) is 3.16. The Morgan fingerprint density at radius 2 is 1.41 bits per heavy atom. The summed E-state index contributed by atoms with van der Waals surface area (Å²) in [5.41, 5.74) is 5.72. The molecule has 2 aromatic heterocycles. The van der Waals surface area contributed by atoms with Crippen molar-refractivity contribution in [2.75, 3.05) is 0 Å². The normalized spacial score (nSPS) is 9.97. The number of nitrogens with zero attached hydrogens (tertiary/aromatic N) is 2. The minimum absolute atomic E-state index is 0. The number of benzene rings is 3. The molecule has 0 N–H and O–H groups in total. The second kappa shape index (κ2) is 12.1. The van der Waals surface area contributed by atoms with Crippen molar-refractivity contribution < 1.29 is 28.9 Å². The van der Waals surface area contributed by atoms with E-state index in [1.165, 1.54) is 5.56 Å². The van der Waals surface area contributed by atoms with Crippen LogP contribution in [0.2, 0.25) is 0 Å². The summed E-state index contributed by atoms with van der Waals surface area (Å²) in [4.78, 5) is 8.51. The third kappa shape index (κ3) is 6.50. The van der Waals surface area contributed by atoms with Crippen molar-refractivity contribution in [1.82, 2.24) is 9.97 Å². The molecule has 0 amide bonds. The molecular weight excluding hydrogens is 607 g/mol. The summed E-state index contributed by atoms with van der Waals surface area (Å²) in [6.45, 7) is 1.88. The molecule has 0 atom stereocenters. The fraction of sp³-hybridized carbons (Fsp3) is 0.0345. The zero-order chi connectivity index (χ0) is 23.0. The second-order valence-electron chi connectivity index (χ2n) is 7.32. The summed E-state index contributed by atoms with van der Waals surface area (Å²) in [7, 11) is 0. The molecule has 0 saturated carbocycles. The molecule has 2 heterocycles. The van der Waals surface area contributed by atoms with Gasteiger partial charge in [-0.15, -0.1) is 54.1 Å². The Balaban J connectivity index is 0.000000188. The van der Waals surface area contributed by atoms with Crippen molar-refractivity contribution in [3.05, 3.63) is 133 Å². The summed E-state index contributed by atoms with van der Waals surface area (Å²) in [6, 6.07) is 33.3. The van der Waals surface area contributed by atoms with Crippen LogP contribution in [0, 0.1) is 30.7 Å². The first-order valence-corrected chi connectivity index (χ1v) is 10.4. The Kier molecular flexibility index (Phi) is 8.92. The third-order valence-electron chi connectivity index (χ3n) is 4.88. The van der Waals surface area contributed by atoms with E-state index in [1.807, 2.05) is 61.7 Å². The molecule has 0 unspecified atom stereocenters. The first kappa shape index (κ1) is 25.1. The van der Waals surface area contributed by atoms with Gasteiger partial charge in [-0.05, 0) is 35.0 Å². The Hall–Kier alpha value is -3.53. The van der Waals surface area contributed by atoms with Crippen LogP contribution in [-0.4, -0.2) is 9.97 Å². The van der Waals surface area contributed by atoms with E-state index in [0.29, 0.717) is 5.69 Å². The molecule has 5 rings (SSSR count). The van der Waals surface area contributed by atoms with Gasteiger partial charge < -0.3 is 9.97 Å². The third-order valence-corrected chi connectivity index (χ3v) is 4.88. The maximum absolute atomic E-state index is 13.3. The number of hydrogen-bond acceptors (Lipinski definition) is 2. The predicted molar refractivity (Wildman–Crippen MR) is 127 cm³/mol. The van der Waals surface area contributed by atoms with Gasteiger partial charge in [-0.3, -0.25) is 4.39 Å². The molecule has 0 aliphatic carbocycles. The van der Waals surface area contributed by atoms with E-state index in [1.54, 1.807) is 18.3 Å². The van der Waals surface area contributed by atoms with E-state index in [-0.39, 0.29) is 25.7 Å². The van der Waals surface area contributed by atoms with Gasteiger partial charge in [0.1, 0.15) is 0 Å². The molecule has 1 radical (unpaired) electrons. The first-order chi connectivity index (χ1) is 16.1. The van der Waals surface area contributed by atoms with Crippen LogP contribution in [0.5, 0.6) is 0 Å². The van der Waals surface area contributed by atoms with Crippen LogP contribution in [0.15, 0.2) is 103 Å². The first-order valence-electron chi connectivity index (χ1n) is 10.4. The van der Waals surface area contributed by atoms with E-state index in [0.717, 1.165) is 34.5 Å². The van der Waals surface area contributed by atoms with Crippen LogP contribution in [0.3, 0.4) is 0 Å². The van der Waals surface area contributed by atoms with Crippen molar-refractivity contribution in [3.63, 3.8) is 0 Å². The molecule has 5 aromatic rings. The monoisotopic (exact) mass is 627 g/mol. The molecule has 0 bridgehead atoms. The number of aromatic nitrogens is 2. The average molecular weight is 627 g/mol. The molecule has 171 valence electrons. The van der Waals surface area contributed by atoms with Crippen molar-refractivity contribution in [3.8, 4) is 33.6 Å². The average Bonchev–Trinajstić information content (AvgIpc) is 2.88. The van der Waals surface area contributed by atoms with Crippen molar-refractivity contribution in [1.29, 1.82) is 0 Å². The fourth-order valence-electron chi connectivity index (χ4n) is 3.16. The van der Waals surface area contributed by atoms with Crippen molar-refractivity contribution in [2.45, 2.75) is 6.92 Å². The SMILES string of the molecule is Cc1ccc(-c2[c-]c(F)ccc2F)nc1.[Ir].[c-]1ccccc1-c1ccc(-c2ccccc2)cn1. The van der Waals surface area contributed by atoms with E-state index < -0.39 is 11.6 Å². The number of halogens is 2. The van der Waals surface area contributed by atoms with Crippen molar-refractivity contribution >= 4 is 0 Å². The van der Waals surface area contributed by atoms with Gasteiger partial charge in [0.25, 0.3) is 0 Å². The zero-order valence-electron chi connectivity index (χ0n) is 18.3. The van der Waals surface area contributed by atoms with E-state index in [4.69, 9.17) is 0 Å². The zero-order valence-corrected chi connectivity index (χ0v) is 20.7. The van der Waals surface area contributed by atoms with Gasteiger partial charge in [-0.2, -0.15) is 0 Å². The van der Waals surface area contributed by atoms with Gasteiger partial charge in [0.2, 0.25) is 0 Å². The number of rotatable bonds is 3. The molecule has 3 aromatic carbocycles. The number of hydrogen-bond donors (Lipinski definition) is 0. The summed E-state index contributed by atoms with van der Waals surface area (Å²) < 4.78 is 26.2. The van der Waals surface area contributed by atoms with Crippen LogP contribution in [-0.2, 0) is 20.1 Å². The van der Waals surface area contributed by atoms with Gasteiger partial charge in [-0.25, -0.2) is 4.39 Å². The predicted octanol–water partition coefficient (Wildman–Crippen LogP) is 7.35. The minimum Gasteiger partial charge on any atom is -0.304 e. The van der Waals surface area contributed by atoms with Crippen LogP contribution < -0.4 is 0 Å². The number of pyridine rings is 2.